The summed E-state index contributed by atoms with van der Waals surface area (Å²) in [5.41, 5.74) is 1.69. The van der Waals surface area contributed by atoms with Gasteiger partial charge in [0.25, 0.3) is 11.7 Å². The third-order valence-electron chi connectivity index (χ3n) is 6.49. The number of hydrogen-bond acceptors (Lipinski definition) is 8. The lowest BCUT2D eigenvalue weighted by molar-refractivity contribution is -0.114. The van der Waals surface area contributed by atoms with E-state index in [0.717, 1.165) is 6.42 Å². The van der Waals surface area contributed by atoms with E-state index in [-0.39, 0.29) is 23.0 Å². The number of methoxy groups -OCH3 is 2. The van der Waals surface area contributed by atoms with E-state index in [2.05, 4.69) is 10.3 Å². The molecule has 0 bridgehead atoms. The Morgan fingerprint density at radius 2 is 1.86 bits per heavy atom. The Morgan fingerprint density at radius 1 is 1.08 bits per heavy atom. The molecule has 0 N–H and O–H groups in total. The van der Waals surface area contributed by atoms with Crippen molar-refractivity contribution in [2.24, 2.45) is 0 Å². The Kier molecular flexibility index (Phi) is 6.33. The fourth-order valence-electron chi connectivity index (χ4n) is 4.68. The fourth-order valence-corrected chi connectivity index (χ4v) is 6.39. The SMILES string of the molecule is COC[C@@H]1CCCN1S(=O)(=O)c1ccc2c(c1)C(=O)C(=O)N2Cc1cnnn1-c1ccc(OC)cc1. The number of ether oxygens (including phenoxy) is 2. The number of Topliss-reactive ketones (excluding diaryl/α,β-unsaturated/α-hetero) is 1. The third kappa shape index (κ3) is 4.06. The molecule has 0 saturated carbocycles. The molecule has 1 atom stereocenters. The first kappa shape index (κ1) is 24.1. The zero-order valence-electron chi connectivity index (χ0n) is 19.8. The normalized spacial score (nSPS) is 18.2. The second-order valence-corrected chi connectivity index (χ2v) is 10.5. The molecule has 0 spiro atoms. The number of hydrogen-bond donors (Lipinski definition) is 0. The van der Waals surface area contributed by atoms with Gasteiger partial charge in [0.15, 0.2) is 0 Å². The Morgan fingerprint density at radius 3 is 2.58 bits per heavy atom. The molecule has 2 aromatic carbocycles. The van der Waals surface area contributed by atoms with Crippen LogP contribution in [0.3, 0.4) is 0 Å². The number of carbonyl (C=O) groups is 2. The van der Waals surface area contributed by atoms with Crippen molar-refractivity contribution in [1.82, 2.24) is 19.3 Å². The van der Waals surface area contributed by atoms with Gasteiger partial charge in [0.2, 0.25) is 10.0 Å². The topological polar surface area (TPSA) is 124 Å². The van der Waals surface area contributed by atoms with Crippen LogP contribution in [-0.4, -0.2) is 72.8 Å². The summed E-state index contributed by atoms with van der Waals surface area (Å²) >= 11 is 0. The van der Waals surface area contributed by atoms with Gasteiger partial charge >= 0.3 is 0 Å². The predicted molar refractivity (Wildman–Crippen MR) is 129 cm³/mol. The Balaban J connectivity index is 1.44. The lowest BCUT2D eigenvalue weighted by atomic mass is 10.1. The first-order valence-electron chi connectivity index (χ1n) is 11.4. The highest BCUT2D eigenvalue weighted by Crippen LogP contribution is 2.34. The van der Waals surface area contributed by atoms with Crippen molar-refractivity contribution < 1.29 is 27.5 Å². The molecule has 36 heavy (non-hydrogen) atoms. The molecule has 1 saturated heterocycles. The average Bonchev–Trinajstić information content (AvgIpc) is 3.61. The van der Waals surface area contributed by atoms with E-state index in [4.69, 9.17) is 9.47 Å². The van der Waals surface area contributed by atoms with Gasteiger partial charge in [-0.1, -0.05) is 5.21 Å². The molecule has 3 aromatic rings. The minimum absolute atomic E-state index is 0.0165. The maximum absolute atomic E-state index is 13.3. The Hall–Kier alpha value is -3.61. The Bertz CT molecular complexity index is 1420. The number of fused-ring (bicyclic) bond motifs is 1. The van der Waals surface area contributed by atoms with E-state index in [9.17, 15) is 18.0 Å². The lowest BCUT2D eigenvalue weighted by Gasteiger charge is -2.24. The van der Waals surface area contributed by atoms with Crippen molar-refractivity contribution in [3.63, 3.8) is 0 Å². The van der Waals surface area contributed by atoms with Crippen LogP contribution in [0.15, 0.2) is 53.6 Å². The van der Waals surface area contributed by atoms with E-state index in [1.807, 2.05) is 0 Å². The molecule has 1 aromatic heterocycles. The van der Waals surface area contributed by atoms with E-state index in [1.165, 1.54) is 40.7 Å². The van der Waals surface area contributed by atoms with Crippen molar-refractivity contribution in [3.8, 4) is 11.4 Å². The molecule has 0 unspecified atom stereocenters. The molecule has 1 amide bonds. The van der Waals surface area contributed by atoms with Crippen LogP contribution < -0.4 is 9.64 Å². The number of sulfonamides is 1. The summed E-state index contributed by atoms with van der Waals surface area (Å²) < 4.78 is 40.0. The van der Waals surface area contributed by atoms with Crippen LogP contribution in [-0.2, 0) is 26.1 Å². The Labute approximate surface area is 208 Å². The summed E-state index contributed by atoms with van der Waals surface area (Å²) in [6.07, 6.45) is 2.96. The van der Waals surface area contributed by atoms with Crippen molar-refractivity contribution in [3.05, 3.63) is 59.9 Å². The second-order valence-electron chi connectivity index (χ2n) is 8.60. The molecular formula is C24H25N5O6S. The summed E-state index contributed by atoms with van der Waals surface area (Å²) in [7, 11) is -0.744. The molecule has 1 fully saturated rings. The van der Waals surface area contributed by atoms with E-state index in [0.29, 0.717) is 42.4 Å². The summed E-state index contributed by atoms with van der Waals surface area (Å²) in [5.74, 6) is -0.802. The molecule has 0 radical (unpaired) electrons. The van der Waals surface area contributed by atoms with Crippen molar-refractivity contribution in [2.75, 3.05) is 32.3 Å². The zero-order valence-corrected chi connectivity index (χ0v) is 20.6. The smallest absolute Gasteiger partial charge is 0.299 e. The molecular weight excluding hydrogens is 486 g/mol. The van der Waals surface area contributed by atoms with Gasteiger partial charge in [-0.15, -0.1) is 5.10 Å². The number of anilines is 1. The molecule has 2 aliphatic heterocycles. The molecule has 188 valence electrons. The molecule has 11 nitrogen and oxygen atoms in total. The first-order valence-corrected chi connectivity index (χ1v) is 12.8. The predicted octanol–water partition coefficient (Wildman–Crippen LogP) is 1.80. The highest BCUT2D eigenvalue weighted by Gasteiger charge is 2.40. The standard InChI is InChI=1S/C24H25N5O6S/c1-34-15-17-4-3-11-28(17)36(32,33)20-9-10-22-21(12-20)23(30)24(31)27(22)14-18-13-25-26-29(18)16-5-7-19(35-2)8-6-16/h5-10,12-13,17H,3-4,11,14-15H2,1-2H3/t17-/m0/s1. The van der Waals surface area contributed by atoms with Gasteiger partial charge in [0, 0.05) is 19.7 Å². The van der Waals surface area contributed by atoms with Gasteiger partial charge in [-0.25, -0.2) is 13.1 Å². The van der Waals surface area contributed by atoms with Crippen LogP contribution in [0, 0.1) is 0 Å². The first-order chi connectivity index (χ1) is 17.3. The number of ketones is 1. The van der Waals surface area contributed by atoms with Crippen molar-refractivity contribution >= 4 is 27.4 Å². The van der Waals surface area contributed by atoms with Crippen LogP contribution in [0.4, 0.5) is 5.69 Å². The van der Waals surface area contributed by atoms with Gasteiger partial charge in [0.05, 0.1) is 54.0 Å². The lowest BCUT2D eigenvalue weighted by Crippen LogP contribution is -2.38. The molecule has 2 aliphatic rings. The maximum Gasteiger partial charge on any atom is 0.299 e. The van der Waals surface area contributed by atoms with Crippen molar-refractivity contribution in [1.29, 1.82) is 0 Å². The summed E-state index contributed by atoms with van der Waals surface area (Å²) in [6, 6.07) is 11.1. The maximum atomic E-state index is 13.3. The zero-order chi connectivity index (χ0) is 25.4. The number of rotatable bonds is 8. The van der Waals surface area contributed by atoms with E-state index >= 15 is 0 Å². The van der Waals surface area contributed by atoms with Gasteiger partial charge in [-0.3, -0.25) is 14.5 Å². The monoisotopic (exact) mass is 511 g/mol. The summed E-state index contributed by atoms with van der Waals surface area (Å²) in [6.45, 7) is 0.713. The molecule has 5 rings (SSSR count). The quantitative estimate of drug-likeness (QED) is 0.420. The minimum Gasteiger partial charge on any atom is -0.497 e. The van der Waals surface area contributed by atoms with Gasteiger partial charge in [0.1, 0.15) is 5.75 Å². The summed E-state index contributed by atoms with van der Waals surface area (Å²) in [4.78, 5) is 27.1. The molecule has 3 heterocycles. The van der Waals surface area contributed by atoms with Crippen LogP contribution in [0.5, 0.6) is 5.75 Å². The van der Waals surface area contributed by atoms with E-state index < -0.39 is 21.7 Å². The highest BCUT2D eigenvalue weighted by molar-refractivity contribution is 7.89. The van der Waals surface area contributed by atoms with Crippen LogP contribution in [0.1, 0.15) is 28.9 Å². The minimum atomic E-state index is -3.85. The number of nitrogens with zero attached hydrogens (tertiary/aromatic N) is 5. The average molecular weight is 512 g/mol. The molecule has 0 aliphatic carbocycles. The fraction of sp³-hybridized carbons (Fsp3) is 0.333. The highest BCUT2D eigenvalue weighted by atomic mass is 32.2. The van der Waals surface area contributed by atoms with E-state index in [1.54, 1.807) is 36.1 Å². The number of carbonyl (C=O) groups excluding carboxylic acids is 2. The number of benzene rings is 2. The van der Waals surface area contributed by atoms with Crippen LogP contribution in [0.25, 0.3) is 5.69 Å². The third-order valence-corrected chi connectivity index (χ3v) is 8.44. The number of amides is 1. The molecule has 12 heteroatoms. The second kappa shape index (κ2) is 9.45. The van der Waals surface area contributed by atoms with Gasteiger partial charge in [-0.05, 0) is 55.3 Å². The van der Waals surface area contributed by atoms with Gasteiger partial charge < -0.3 is 9.47 Å². The number of aromatic nitrogens is 3. The van der Waals surface area contributed by atoms with Crippen LogP contribution >= 0.6 is 0 Å². The largest absolute Gasteiger partial charge is 0.497 e. The van der Waals surface area contributed by atoms with Gasteiger partial charge in [-0.2, -0.15) is 4.31 Å². The van der Waals surface area contributed by atoms with Crippen molar-refractivity contribution in [2.45, 2.75) is 30.3 Å². The summed E-state index contributed by atoms with van der Waals surface area (Å²) in [5, 5.41) is 8.06. The van der Waals surface area contributed by atoms with Crippen LogP contribution in [0.2, 0.25) is 0 Å².